The molecule has 39 heavy (non-hydrogen) atoms. The minimum Gasteiger partial charge on any atom is -0.432 e. The third kappa shape index (κ3) is 3.43. The Morgan fingerprint density at radius 2 is 1.74 bits per heavy atom. The fourth-order valence-electron chi connectivity index (χ4n) is 6.65. The molecule has 1 aliphatic heterocycles. The van der Waals surface area contributed by atoms with Crippen LogP contribution in [0.5, 0.6) is 0 Å². The Bertz CT molecular complexity index is 1920. The summed E-state index contributed by atoms with van der Waals surface area (Å²) in [6, 6.07) is 13.8. The minimum absolute atomic E-state index is 0.0630. The summed E-state index contributed by atoms with van der Waals surface area (Å²) >= 11 is 6.35. The molecule has 0 radical (unpaired) electrons. The third-order valence-corrected chi connectivity index (χ3v) is 13.0. The van der Waals surface area contributed by atoms with E-state index in [1.54, 1.807) is 0 Å². The smallest absolute Gasteiger partial charge is 0.259 e. The van der Waals surface area contributed by atoms with E-state index in [2.05, 4.69) is 46.9 Å². The number of aromatic nitrogens is 2. The molecule has 0 bridgehead atoms. The summed E-state index contributed by atoms with van der Waals surface area (Å²) in [4.78, 5) is 41.0. The SMILES string of the molecule is CC(C)(C[C@H]1C=CC(n2c3ccccc3c3c4c(c5c6ccc(Cl)cc6[nH]c5c32)C(=O)NC4=O)C1)[Si](C)(C)O. The van der Waals surface area contributed by atoms with Gasteiger partial charge in [0.1, 0.15) is 0 Å². The molecule has 6 nitrogen and oxygen atoms in total. The maximum Gasteiger partial charge on any atom is 0.259 e. The number of hydrogen-bond donors (Lipinski definition) is 3. The zero-order valence-electron chi connectivity index (χ0n) is 22.4. The maximum absolute atomic E-state index is 13.3. The van der Waals surface area contributed by atoms with Gasteiger partial charge in [0.05, 0.1) is 28.2 Å². The summed E-state index contributed by atoms with van der Waals surface area (Å²) < 4.78 is 2.34. The molecule has 3 N–H and O–H groups in total. The first-order valence-electron chi connectivity index (χ1n) is 13.4. The van der Waals surface area contributed by atoms with Gasteiger partial charge in [-0.3, -0.25) is 14.9 Å². The lowest BCUT2D eigenvalue weighted by atomic mass is 9.95. The highest BCUT2D eigenvalue weighted by Gasteiger charge is 2.41. The largest absolute Gasteiger partial charge is 0.432 e. The number of para-hydroxylation sites is 1. The van der Waals surface area contributed by atoms with Gasteiger partial charge in [0.15, 0.2) is 8.32 Å². The Labute approximate surface area is 231 Å². The standard InChI is InChI=1S/C31H30ClN3O3Si/c1-31(2,39(3,4)38)15-16-9-11-18(13-16)35-22-8-6-5-7-20(22)24-26-25(29(36)34-30(26)37)23-19-12-10-17(32)14-21(19)33-27(23)28(24)35/h5-12,14,16,18,33,38H,13,15H2,1-4H3,(H,34,36,37)/t16-,18?/m0/s1. The van der Waals surface area contributed by atoms with Crippen LogP contribution in [0.2, 0.25) is 23.2 Å². The fraction of sp³-hybridized carbons (Fsp3) is 0.290. The highest BCUT2D eigenvalue weighted by Crippen LogP contribution is 2.49. The minimum atomic E-state index is -2.35. The predicted octanol–water partition coefficient (Wildman–Crippen LogP) is 7.45. The number of amides is 2. The lowest BCUT2D eigenvalue weighted by Gasteiger charge is -2.37. The average molecular weight is 556 g/mol. The highest BCUT2D eigenvalue weighted by molar-refractivity contribution is 6.72. The summed E-state index contributed by atoms with van der Waals surface area (Å²) in [7, 11) is -2.35. The molecule has 7 rings (SSSR count). The Morgan fingerprint density at radius 3 is 2.49 bits per heavy atom. The van der Waals surface area contributed by atoms with Crippen LogP contribution in [0.4, 0.5) is 0 Å². The molecular formula is C31H30ClN3O3Si. The number of fused-ring (bicyclic) bond motifs is 10. The number of carbonyl (C=O) groups is 2. The van der Waals surface area contributed by atoms with Crippen molar-refractivity contribution in [2.24, 2.45) is 5.92 Å². The van der Waals surface area contributed by atoms with Gasteiger partial charge < -0.3 is 14.3 Å². The first-order valence-corrected chi connectivity index (χ1v) is 16.7. The molecule has 0 saturated carbocycles. The van der Waals surface area contributed by atoms with Gasteiger partial charge in [0.25, 0.3) is 11.8 Å². The molecule has 3 heterocycles. The van der Waals surface area contributed by atoms with Crippen LogP contribution in [0, 0.1) is 5.92 Å². The van der Waals surface area contributed by atoms with Crippen molar-refractivity contribution < 1.29 is 14.4 Å². The number of aromatic amines is 1. The van der Waals surface area contributed by atoms with Crippen LogP contribution >= 0.6 is 11.6 Å². The van der Waals surface area contributed by atoms with Gasteiger partial charge in [-0.25, -0.2) is 0 Å². The van der Waals surface area contributed by atoms with E-state index >= 15 is 0 Å². The molecule has 2 aliphatic rings. The molecule has 0 fully saturated rings. The second-order valence-electron chi connectivity index (χ2n) is 12.3. The van der Waals surface area contributed by atoms with E-state index in [1.807, 2.05) is 49.5 Å². The number of rotatable bonds is 4. The van der Waals surface area contributed by atoms with E-state index in [0.717, 1.165) is 56.5 Å². The van der Waals surface area contributed by atoms with E-state index in [4.69, 9.17) is 11.6 Å². The summed E-state index contributed by atoms with van der Waals surface area (Å²) in [5.41, 5.74) is 4.48. The van der Waals surface area contributed by atoms with Crippen molar-refractivity contribution in [3.8, 4) is 0 Å². The molecule has 5 aromatic rings. The number of carbonyl (C=O) groups excluding carboxylic acids is 2. The number of imide groups is 1. The first-order chi connectivity index (χ1) is 18.5. The van der Waals surface area contributed by atoms with E-state index in [9.17, 15) is 14.4 Å². The quantitative estimate of drug-likeness (QED) is 0.122. The zero-order chi connectivity index (χ0) is 27.4. The Balaban J connectivity index is 1.53. The van der Waals surface area contributed by atoms with Gasteiger partial charge in [-0.1, -0.05) is 61.9 Å². The van der Waals surface area contributed by atoms with Gasteiger partial charge in [0.2, 0.25) is 0 Å². The third-order valence-electron chi connectivity index (χ3n) is 9.25. The molecule has 1 aliphatic carbocycles. The Kier molecular flexibility index (Phi) is 5.10. The van der Waals surface area contributed by atoms with Crippen LogP contribution in [-0.4, -0.2) is 34.5 Å². The summed E-state index contributed by atoms with van der Waals surface area (Å²) in [5.74, 6) is -0.394. The molecule has 1 unspecified atom stereocenters. The molecule has 2 aromatic heterocycles. The lowest BCUT2D eigenvalue weighted by molar-refractivity contribution is 0.0880. The number of hydrogen-bond acceptors (Lipinski definition) is 3. The molecule has 0 spiro atoms. The molecule has 0 saturated heterocycles. The number of allylic oxidation sites excluding steroid dienone is 2. The van der Waals surface area contributed by atoms with Gasteiger partial charge in [-0.05, 0) is 55.1 Å². The maximum atomic E-state index is 13.3. The zero-order valence-corrected chi connectivity index (χ0v) is 24.1. The van der Waals surface area contributed by atoms with Crippen LogP contribution in [0.3, 0.4) is 0 Å². The first kappa shape index (κ1) is 24.6. The predicted molar refractivity (Wildman–Crippen MR) is 160 cm³/mol. The Morgan fingerprint density at radius 1 is 1.03 bits per heavy atom. The fourth-order valence-corrected chi connectivity index (χ4v) is 7.58. The lowest BCUT2D eigenvalue weighted by Crippen LogP contribution is -2.39. The molecule has 2 atom stereocenters. The molecule has 198 valence electrons. The van der Waals surface area contributed by atoms with Crippen molar-refractivity contribution in [2.75, 3.05) is 0 Å². The average Bonchev–Trinajstić information content (AvgIpc) is 3.60. The van der Waals surface area contributed by atoms with Crippen molar-refractivity contribution in [3.05, 3.63) is 70.8 Å². The van der Waals surface area contributed by atoms with Gasteiger partial charge in [-0.2, -0.15) is 0 Å². The normalized spacial score (nSPS) is 19.7. The van der Waals surface area contributed by atoms with Gasteiger partial charge in [0, 0.05) is 37.6 Å². The molecule has 3 aromatic carbocycles. The summed E-state index contributed by atoms with van der Waals surface area (Å²) in [5, 5.41) is 6.41. The summed E-state index contributed by atoms with van der Waals surface area (Å²) in [6.45, 7) is 8.39. The number of halogens is 1. The monoisotopic (exact) mass is 555 g/mol. The van der Waals surface area contributed by atoms with Crippen molar-refractivity contribution >= 4 is 75.3 Å². The number of benzene rings is 3. The number of nitrogens with one attached hydrogen (secondary N) is 2. The molecule has 2 amide bonds. The van der Waals surface area contributed by atoms with Gasteiger partial charge >= 0.3 is 0 Å². The van der Waals surface area contributed by atoms with Crippen LogP contribution in [0.25, 0.3) is 43.6 Å². The summed E-state index contributed by atoms with van der Waals surface area (Å²) in [6.07, 6.45) is 6.37. The van der Waals surface area contributed by atoms with Crippen LogP contribution in [-0.2, 0) is 0 Å². The van der Waals surface area contributed by atoms with Gasteiger partial charge in [-0.15, -0.1) is 0 Å². The van der Waals surface area contributed by atoms with E-state index in [-0.39, 0.29) is 22.9 Å². The molecular weight excluding hydrogens is 526 g/mol. The number of H-pyrrole nitrogens is 1. The van der Waals surface area contributed by atoms with Crippen molar-refractivity contribution in [1.29, 1.82) is 0 Å². The highest BCUT2D eigenvalue weighted by atomic mass is 35.5. The van der Waals surface area contributed by atoms with E-state index in [1.165, 1.54) is 0 Å². The second kappa shape index (κ2) is 8.07. The van der Waals surface area contributed by atoms with Crippen molar-refractivity contribution in [3.63, 3.8) is 0 Å². The van der Waals surface area contributed by atoms with E-state index in [0.29, 0.717) is 22.1 Å². The molecule has 8 heteroatoms. The Hall–Kier alpha value is -3.39. The van der Waals surface area contributed by atoms with Crippen LogP contribution < -0.4 is 5.32 Å². The van der Waals surface area contributed by atoms with Crippen molar-refractivity contribution in [1.82, 2.24) is 14.9 Å². The number of nitrogens with zero attached hydrogens (tertiary/aromatic N) is 1. The topological polar surface area (TPSA) is 87.1 Å². The van der Waals surface area contributed by atoms with Crippen LogP contribution in [0.1, 0.15) is 53.4 Å². The van der Waals surface area contributed by atoms with Crippen LogP contribution in [0.15, 0.2) is 54.6 Å². The second-order valence-corrected chi connectivity index (χ2v) is 17.2. The van der Waals surface area contributed by atoms with Crippen molar-refractivity contribution in [2.45, 2.75) is 50.9 Å². The van der Waals surface area contributed by atoms with E-state index < -0.39 is 8.32 Å².